The van der Waals surface area contributed by atoms with Crippen LogP contribution in [0.3, 0.4) is 0 Å². The second kappa shape index (κ2) is 3.67. The summed E-state index contributed by atoms with van der Waals surface area (Å²) in [7, 11) is 0. The maximum atomic E-state index is 11.2. The lowest BCUT2D eigenvalue weighted by atomic mass is 10.2. The highest BCUT2D eigenvalue weighted by Gasteiger charge is 2.31. The average molecular weight is 170 g/mol. The largest absolute Gasteiger partial charge is 0.331 e. The van der Waals surface area contributed by atoms with E-state index in [-0.39, 0.29) is 24.3 Å². The van der Waals surface area contributed by atoms with E-state index in [2.05, 4.69) is 0 Å². The quantitative estimate of drug-likeness (QED) is 0.609. The Morgan fingerprint density at radius 1 is 1.75 bits per heavy atom. The van der Waals surface area contributed by atoms with E-state index in [1.165, 1.54) is 0 Å². The topological polar surface area (TPSA) is 63.4 Å². The van der Waals surface area contributed by atoms with Crippen molar-refractivity contribution in [3.63, 3.8) is 0 Å². The fourth-order valence-electron chi connectivity index (χ4n) is 1.46. The van der Waals surface area contributed by atoms with Crippen molar-refractivity contribution in [1.82, 2.24) is 4.90 Å². The third-order valence-electron chi connectivity index (χ3n) is 2.15. The Morgan fingerprint density at radius 2 is 2.42 bits per heavy atom. The van der Waals surface area contributed by atoms with Gasteiger partial charge >= 0.3 is 0 Å². The monoisotopic (exact) mass is 170 g/mol. The van der Waals surface area contributed by atoms with Gasteiger partial charge in [-0.05, 0) is 0 Å². The van der Waals surface area contributed by atoms with Crippen LogP contribution in [-0.4, -0.2) is 35.7 Å². The molecule has 1 atom stereocenters. The van der Waals surface area contributed by atoms with Gasteiger partial charge in [-0.3, -0.25) is 9.59 Å². The Labute approximate surface area is 71.7 Å². The fourth-order valence-corrected chi connectivity index (χ4v) is 1.46. The van der Waals surface area contributed by atoms with E-state index < -0.39 is 0 Å². The summed E-state index contributed by atoms with van der Waals surface area (Å²) in [5.41, 5.74) is 5.43. The van der Waals surface area contributed by atoms with E-state index in [9.17, 15) is 9.59 Å². The number of ketones is 1. The third-order valence-corrected chi connectivity index (χ3v) is 2.15. The van der Waals surface area contributed by atoms with Gasteiger partial charge in [0.2, 0.25) is 5.91 Å². The average Bonchev–Trinajstić information content (AvgIpc) is 2.45. The van der Waals surface area contributed by atoms with Crippen LogP contribution < -0.4 is 5.73 Å². The standard InChI is InChI=1S/C8H14N2O2/c1-2-8(12)10-5-7(11)3-6(10)4-9/h6H,2-5,9H2,1H3. The van der Waals surface area contributed by atoms with Crippen molar-refractivity contribution in [2.75, 3.05) is 13.1 Å². The lowest BCUT2D eigenvalue weighted by molar-refractivity contribution is -0.132. The molecular formula is C8H14N2O2. The zero-order chi connectivity index (χ0) is 9.14. The van der Waals surface area contributed by atoms with Gasteiger partial charge in [-0.1, -0.05) is 6.92 Å². The first-order valence-electron chi connectivity index (χ1n) is 4.20. The number of amides is 1. The molecule has 1 unspecified atom stereocenters. The molecule has 68 valence electrons. The van der Waals surface area contributed by atoms with E-state index in [4.69, 9.17) is 5.73 Å². The SMILES string of the molecule is CCC(=O)N1CC(=O)CC1CN. The third kappa shape index (κ3) is 1.64. The summed E-state index contributed by atoms with van der Waals surface area (Å²) in [6.07, 6.45) is 0.881. The van der Waals surface area contributed by atoms with Crippen molar-refractivity contribution in [2.24, 2.45) is 5.73 Å². The van der Waals surface area contributed by atoms with Crippen molar-refractivity contribution in [1.29, 1.82) is 0 Å². The zero-order valence-corrected chi connectivity index (χ0v) is 7.25. The van der Waals surface area contributed by atoms with Crippen LogP contribution in [0.4, 0.5) is 0 Å². The number of nitrogens with two attached hydrogens (primary N) is 1. The van der Waals surface area contributed by atoms with E-state index >= 15 is 0 Å². The summed E-state index contributed by atoms with van der Waals surface area (Å²) < 4.78 is 0. The summed E-state index contributed by atoms with van der Waals surface area (Å²) in [4.78, 5) is 23.8. The Kier molecular flexibility index (Phi) is 2.81. The van der Waals surface area contributed by atoms with Crippen molar-refractivity contribution >= 4 is 11.7 Å². The smallest absolute Gasteiger partial charge is 0.222 e. The second-order valence-corrected chi connectivity index (χ2v) is 3.01. The summed E-state index contributed by atoms with van der Waals surface area (Å²) >= 11 is 0. The zero-order valence-electron chi connectivity index (χ0n) is 7.25. The molecule has 0 radical (unpaired) electrons. The summed E-state index contributed by atoms with van der Waals surface area (Å²) in [5, 5.41) is 0. The van der Waals surface area contributed by atoms with Crippen molar-refractivity contribution < 1.29 is 9.59 Å². The number of hydrogen-bond acceptors (Lipinski definition) is 3. The summed E-state index contributed by atoms with van der Waals surface area (Å²) in [6.45, 7) is 2.44. The molecule has 12 heavy (non-hydrogen) atoms. The molecule has 0 aromatic rings. The Morgan fingerprint density at radius 3 is 2.92 bits per heavy atom. The van der Waals surface area contributed by atoms with Gasteiger partial charge in [-0.2, -0.15) is 0 Å². The number of carbonyl (C=O) groups excluding carboxylic acids is 2. The van der Waals surface area contributed by atoms with Crippen LogP contribution in [0.1, 0.15) is 19.8 Å². The number of nitrogens with zero attached hydrogens (tertiary/aromatic N) is 1. The first kappa shape index (κ1) is 9.19. The highest BCUT2D eigenvalue weighted by atomic mass is 16.2. The number of hydrogen-bond donors (Lipinski definition) is 1. The molecule has 0 aromatic carbocycles. The Hall–Kier alpha value is -0.900. The molecule has 4 heteroatoms. The van der Waals surface area contributed by atoms with Crippen molar-refractivity contribution in [3.05, 3.63) is 0 Å². The molecule has 1 aliphatic heterocycles. The number of rotatable bonds is 2. The van der Waals surface area contributed by atoms with Gasteiger partial charge in [0.15, 0.2) is 5.78 Å². The molecule has 4 nitrogen and oxygen atoms in total. The van der Waals surface area contributed by atoms with Crippen LogP contribution in [0.25, 0.3) is 0 Å². The molecule has 0 spiro atoms. The van der Waals surface area contributed by atoms with Gasteiger partial charge in [-0.15, -0.1) is 0 Å². The van der Waals surface area contributed by atoms with Crippen LogP contribution in [0, 0.1) is 0 Å². The maximum Gasteiger partial charge on any atom is 0.222 e. The number of likely N-dealkylation sites (tertiary alicyclic amines) is 1. The molecule has 2 N–H and O–H groups in total. The molecule has 1 amide bonds. The van der Waals surface area contributed by atoms with Gasteiger partial charge in [0.25, 0.3) is 0 Å². The van der Waals surface area contributed by atoms with Crippen molar-refractivity contribution in [3.8, 4) is 0 Å². The lowest BCUT2D eigenvalue weighted by Crippen LogP contribution is -2.39. The van der Waals surface area contributed by atoms with Crippen molar-refractivity contribution in [2.45, 2.75) is 25.8 Å². The van der Waals surface area contributed by atoms with Crippen LogP contribution in [0.15, 0.2) is 0 Å². The fraction of sp³-hybridized carbons (Fsp3) is 0.750. The van der Waals surface area contributed by atoms with Gasteiger partial charge in [0.1, 0.15) is 0 Å². The highest BCUT2D eigenvalue weighted by Crippen LogP contribution is 2.14. The number of Topliss-reactive ketones (excluding diaryl/α,β-unsaturated/α-hetero) is 1. The molecule has 0 saturated carbocycles. The molecule has 0 bridgehead atoms. The minimum atomic E-state index is -0.0510. The van der Waals surface area contributed by atoms with Crippen LogP contribution in [0.2, 0.25) is 0 Å². The first-order chi connectivity index (χ1) is 5.69. The molecule has 0 aliphatic carbocycles. The van der Waals surface area contributed by atoms with Gasteiger partial charge in [-0.25, -0.2) is 0 Å². The van der Waals surface area contributed by atoms with E-state index in [1.807, 2.05) is 0 Å². The van der Waals surface area contributed by atoms with Crippen LogP contribution >= 0.6 is 0 Å². The lowest BCUT2D eigenvalue weighted by Gasteiger charge is -2.21. The van der Waals surface area contributed by atoms with Crippen LogP contribution in [0.5, 0.6) is 0 Å². The molecule has 1 rings (SSSR count). The molecule has 1 saturated heterocycles. The predicted octanol–water partition coefficient (Wildman–Crippen LogP) is -0.475. The van der Waals surface area contributed by atoms with E-state index in [0.29, 0.717) is 19.4 Å². The molecule has 1 aliphatic rings. The minimum Gasteiger partial charge on any atom is -0.331 e. The van der Waals surface area contributed by atoms with E-state index in [1.54, 1.807) is 11.8 Å². The molecule has 0 aromatic heterocycles. The molecular weight excluding hydrogens is 156 g/mol. The molecule has 1 fully saturated rings. The Balaban J connectivity index is 2.63. The minimum absolute atomic E-state index is 0.0244. The maximum absolute atomic E-state index is 11.2. The van der Waals surface area contributed by atoms with Crippen LogP contribution in [-0.2, 0) is 9.59 Å². The van der Waals surface area contributed by atoms with E-state index in [0.717, 1.165) is 0 Å². The second-order valence-electron chi connectivity index (χ2n) is 3.01. The normalized spacial score (nSPS) is 23.3. The van der Waals surface area contributed by atoms with Gasteiger partial charge in [0.05, 0.1) is 12.6 Å². The Bertz CT molecular complexity index is 203. The molecule has 1 heterocycles. The highest BCUT2D eigenvalue weighted by molar-refractivity contribution is 5.90. The first-order valence-corrected chi connectivity index (χ1v) is 4.20. The number of carbonyl (C=O) groups is 2. The van der Waals surface area contributed by atoms with Gasteiger partial charge in [0, 0.05) is 19.4 Å². The summed E-state index contributed by atoms with van der Waals surface area (Å²) in [6, 6.07) is -0.0510. The predicted molar refractivity (Wildman–Crippen MR) is 44.5 cm³/mol. The van der Waals surface area contributed by atoms with Gasteiger partial charge < -0.3 is 10.6 Å². The summed E-state index contributed by atoms with van der Waals surface area (Å²) in [5.74, 6) is 0.142.